The van der Waals surface area contributed by atoms with E-state index < -0.39 is 18.2 Å². The average molecular weight is 531 g/mol. The fraction of sp³-hybridized carbons (Fsp3) is 0.400. The highest BCUT2D eigenvalue weighted by atomic mass is 16.5. The smallest absolute Gasteiger partial charge is 0.255 e. The Morgan fingerprint density at radius 2 is 1.92 bits per heavy atom. The van der Waals surface area contributed by atoms with Crippen LogP contribution < -0.4 is 5.32 Å². The van der Waals surface area contributed by atoms with Crippen molar-refractivity contribution in [2.75, 3.05) is 6.54 Å². The second kappa shape index (κ2) is 10.6. The fourth-order valence-electron chi connectivity index (χ4n) is 5.69. The summed E-state index contributed by atoms with van der Waals surface area (Å²) in [6.45, 7) is 8.32. The van der Waals surface area contributed by atoms with Crippen LogP contribution in [0, 0.1) is 19.8 Å². The van der Waals surface area contributed by atoms with Crippen molar-refractivity contribution >= 4 is 17.7 Å². The Balaban J connectivity index is 1.29. The number of nitrogens with zero attached hydrogens (tertiary/aromatic N) is 3. The molecule has 5 rings (SSSR count). The van der Waals surface area contributed by atoms with Crippen molar-refractivity contribution in [2.24, 2.45) is 5.92 Å². The molecule has 1 fully saturated rings. The maximum absolute atomic E-state index is 13.9. The maximum Gasteiger partial charge on any atom is 0.255 e. The number of rotatable bonds is 7. The van der Waals surface area contributed by atoms with E-state index in [-0.39, 0.29) is 43.1 Å². The second-order valence-corrected chi connectivity index (χ2v) is 10.8. The van der Waals surface area contributed by atoms with Gasteiger partial charge in [-0.25, -0.2) is 0 Å². The molecule has 0 bridgehead atoms. The van der Waals surface area contributed by atoms with Crippen LogP contribution in [0.2, 0.25) is 0 Å². The number of amides is 3. The first-order chi connectivity index (χ1) is 18.7. The lowest BCUT2D eigenvalue weighted by Gasteiger charge is -2.35. The van der Waals surface area contributed by atoms with Crippen molar-refractivity contribution in [3.63, 3.8) is 0 Å². The summed E-state index contributed by atoms with van der Waals surface area (Å²) in [4.78, 5) is 43.4. The number of hydrogen-bond acceptors (Lipinski definition) is 6. The van der Waals surface area contributed by atoms with Gasteiger partial charge in [0.15, 0.2) is 0 Å². The van der Waals surface area contributed by atoms with Crippen LogP contribution in [0.1, 0.15) is 53.1 Å². The van der Waals surface area contributed by atoms with Gasteiger partial charge in [-0.1, -0.05) is 55.4 Å². The molecule has 39 heavy (non-hydrogen) atoms. The number of aryl methyl sites for hydroxylation is 2. The molecule has 2 aliphatic heterocycles. The number of hydrogen-bond donors (Lipinski definition) is 2. The highest BCUT2D eigenvalue weighted by Gasteiger charge is 2.45. The van der Waals surface area contributed by atoms with Crippen LogP contribution in [0.4, 0.5) is 0 Å². The minimum atomic E-state index is -0.812. The summed E-state index contributed by atoms with van der Waals surface area (Å²) in [6.07, 6.45) is 1.03. The summed E-state index contributed by atoms with van der Waals surface area (Å²) in [5.41, 5.74) is 5.33. The number of likely N-dealkylation sites (tertiary alicyclic amines) is 1. The number of aliphatic hydroxyl groups is 1. The van der Waals surface area contributed by atoms with E-state index in [0.29, 0.717) is 12.1 Å². The lowest BCUT2D eigenvalue weighted by atomic mass is 10.00. The van der Waals surface area contributed by atoms with Crippen LogP contribution in [0.5, 0.6) is 0 Å². The summed E-state index contributed by atoms with van der Waals surface area (Å²) in [5.74, 6) is -0.255. The zero-order chi connectivity index (χ0) is 27.8. The predicted molar refractivity (Wildman–Crippen MR) is 144 cm³/mol. The molecule has 204 valence electrons. The molecule has 3 aromatic rings. The number of carbonyl (C=O) groups excluding carboxylic acids is 3. The molecule has 0 spiro atoms. The normalized spacial score (nSPS) is 19.5. The molecule has 0 unspecified atom stereocenters. The van der Waals surface area contributed by atoms with Crippen LogP contribution in [0.3, 0.4) is 0 Å². The lowest BCUT2D eigenvalue weighted by Crippen LogP contribution is -2.55. The van der Waals surface area contributed by atoms with Gasteiger partial charge in [-0.2, -0.15) is 0 Å². The van der Waals surface area contributed by atoms with Crippen molar-refractivity contribution in [3.8, 4) is 11.1 Å². The van der Waals surface area contributed by atoms with Gasteiger partial charge in [-0.15, -0.1) is 0 Å². The predicted octanol–water partition coefficient (Wildman–Crippen LogP) is 3.22. The molecule has 3 heterocycles. The maximum atomic E-state index is 13.9. The van der Waals surface area contributed by atoms with Crippen molar-refractivity contribution < 1.29 is 24.0 Å². The molecule has 2 N–H and O–H groups in total. The van der Waals surface area contributed by atoms with Gasteiger partial charge in [-0.05, 0) is 48.1 Å². The Bertz CT molecular complexity index is 1410. The Labute approximate surface area is 227 Å². The lowest BCUT2D eigenvalue weighted by molar-refractivity contribution is -0.143. The Hall–Kier alpha value is -3.98. The molecular formula is C30H34N4O5. The monoisotopic (exact) mass is 530 g/mol. The molecule has 1 aromatic heterocycles. The number of aromatic nitrogens is 1. The average Bonchev–Trinajstić information content (AvgIpc) is 3.60. The third kappa shape index (κ3) is 5.06. The molecular weight excluding hydrogens is 496 g/mol. The number of carbonyl (C=O) groups is 3. The van der Waals surface area contributed by atoms with Gasteiger partial charge in [0.2, 0.25) is 11.8 Å². The molecule has 2 aliphatic rings. The Morgan fingerprint density at radius 1 is 1.15 bits per heavy atom. The van der Waals surface area contributed by atoms with Crippen molar-refractivity contribution in [1.29, 1.82) is 0 Å². The van der Waals surface area contributed by atoms with E-state index in [4.69, 9.17) is 4.52 Å². The largest absolute Gasteiger partial charge is 0.391 e. The molecule has 9 nitrogen and oxygen atoms in total. The molecule has 2 aromatic carbocycles. The summed E-state index contributed by atoms with van der Waals surface area (Å²) in [6, 6.07) is 11.8. The van der Waals surface area contributed by atoms with Gasteiger partial charge in [0.1, 0.15) is 17.8 Å². The van der Waals surface area contributed by atoms with E-state index in [1.54, 1.807) is 17.2 Å². The topological polar surface area (TPSA) is 116 Å². The summed E-state index contributed by atoms with van der Waals surface area (Å²) < 4.78 is 5.17. The van der Waals surface area contributed by atoms with Gasteiger partial charge >= 0.3 is 0 Å². The minimum Gasteiger partial charge on any atom is -0.391 e. The molecule has 9 heteroatoms. The number of aliphatic hydroxyl groups excluding tert-OH is 1. The first-order valence-electron chi connectivity index (χ1n) is 13.3. The van der Waals surface area contributed by atoms with Crippen LogP contribution >= 0.6 is 0 Å². The van der Waals surface area contributed by atoms with Crippen LogP contribution in [0.25, 0.3) is 11.1 Å². The summed E-state index contributed by atoms with van der Waals surface area (Å²) in [7, 11) is 0. The first kappa shape index (κ1) is 26.6. The molecule has 3 atom stereocenters. The quantitative estimate of drug-likeness (QED) is 0.485. The van der Waals surface area contributed by atoms with Gasteiger partial charge in [0.05, 0.1) is 12.3 Å². The highest BCUT2D eigenvalue weighted by Crippen LogP contribution is 2.30. The van der Waals surface area contributed by atoms with Gasteiger partial charge < -0.3 is 24.7 Å². The standard InChI is InChI=1S/C30H34N4O5/c1-17(2)27(34-15-22-7-5-6-8-24(22)29(34)37)30(38)33-16-23(35)12-26(33)28(36)31-13-21-10-9-20(11-18(21)3)25-14-32-39-19(25)4/h5-11,14,17,23,26-27,35H,12-13,15-16H2,1-4H3,(H,31,36)/t23-,26+,27+/m1/s1. The third-order valence-corrected chi connectivity index (χ3v) is 7.79. The molecule has 0 radical (unpaired) electrons. The van der Waals surface area contributed by atoms with Crippen LogP contribution in [0.15, 0.2) is 53.2 Å². The van der Waals surface area contributed by atoms with E-state index >= 15 is 0 Å². The van der Waals surface area contributed by atoms with E-state index in [2.05, 4.69) is 10.5 Å². The molecule has 0 aliphatic carbocycles. The molecule has 1 saturated heterocycles. The zero-order valence-corrected chi connectivity index (χ0v) is 22.7. The summed E-state index contributed by atoms with van der Waals surface area (Å²) in [5, 5.41) is 17.2. The third-order valence-electron chi connectivity index (χ3n) is 7.79. The fourth-order valence-corrected chi connectivity index (χ4v) is 5.69. The number of β-amino-alcohol motifs (C(OH)–C–C–N with tert-alkyl or cyclic N) is 1. The van der Waals surface area contributed by atoms with Crippen molar-refractivity contribution in [2.45, 2.75) is 65.4 Å². The Morgan fingerprint density at radius 3 is 2.59 bits per heavy atom. The Kier molecular flexibility index (Phi) is 7.27. The van der Waals surface area contributed by atoms with E-state index in [1.165, 1.54) is 4.90 Å². The molecule has 3 amide bonds. The van der Waals surface area contributed by atoms with Crippen LogP contribution in [-0.2, 0) is 22.7 Å². The van der Waals surface area contributed by atoms with Crippen molar-refractivity contribution in [1.82, 2.24) is 20.3 Å². The van der Waals surface area contributed by atoms with E-state index in [9.17, 15) is 19.5 Å². The number of benzene rings is 2. The zero-order valence-electron chi connectivity index (χ0n) is 22.7. The number of fused-ring (bicyclic) bond motifs is 1. The van der Waals surface area contributed by atoms with Gasteiger partial charge in [0, 0.05) is 37.2 Å². The minimum absolute atomic E-state index is 0.0565. The summed E-state index contributed by atoms with van der Waals surface area (Å²) >= 11 is 0. The SMILES string of the molecule is Cc1cc(-c2cnoc2C)ccc1CNC(=O)[C@@H]1C[C@@H](O)CN1C(=O)[C@H](C(C)C)N1Cc2ccccc2C1=O. The highest BCUT2D eigenvalue weighted by molar-refractivity contribution is 6.01. The number of nitrogens with one attached hydrogen (secondary N) is 1. The van der Waals surface area contributed by atoms with Crippen molar-refractivity contribution in [3.05, 3.63) is 76.7 Å². The molecule has 0 saturated carbocycles. The van der Waals surface area contributed by atoms with Crippen LogP contribution in [-0.4, -0.2) is 62.5 Å². The van der Waals surface area contributed by atoms with E-state index in [1.807, 2.05) is 64.1 Å². The second-order valence-electron chi connectivity index (χ2n) is 10.8. The van der Waals surface area contributed by atoms with Gasteiger partial charge in [-0.3, -0.25) is 14.4 Å². The van der Waals surface area contributed by atoms with E-state index in [0.717, 1.165) is 33.6 Å². The van der Waals surface area contributed by atoms with Gasteiger partial charge in [0.25, 0.3) is 5.91 Å². The first-order valence-corrected chi connectivity index (χ1v) is 13.3.